The van der Waals surface area contributed by atoms with Gasteiger partial charge >= 0.3 is 0 Å². The molecule has 0 aliphatic heterocycles. The zero-order valence-electron chi connectivity index (χ0n) is 8.61. The third-order valence-electron chi connectivity index (χ3n) is 2.70. The fourth-order valence-electron chi connectivity index (χ4n) is 1.60. The van der Waals surface area contributed by atoms with Crippen LogP contribution in [0.4, 0.5) is 0 Å². The van der Waals surface area contributed by atoms with E-state index in [2.05, 4.69) is 22.6 Å². The third kappa shape index (κ3) is 1.87. The van der Waals surface area contributed by atoms with Crippen molar-refractivity contribution in [1.29, 1.82) is 0 Å². The molecular formula is C11H17N3. The lowest BCUT2D eigenvalue weighted by atomic mass is 10.2. The van der Waals surface area contributed by atoms with Gasteiger partial charge in [0.15, 0.2) is 0 Å². The largest absolute Gasteiger partial charge is 0.328 e. The van der Waals surface area contributed by atoms with Crippen molar-refractivity contribution in [2.45, 2.75) is 32.2 Å². The van der Waals surface area contributed by atoms with Crippen LogP contribution in [0.3, 0.4) is 0 Å². The standard InChI is InChI=1S/C11H17N3/c1-2-9(6-12)5-11-7-13-8-14(11)10-3-4-10/h5,7-8,10H,2-4,6,12H2,1H3. The Hall–Kier alpha value is -1.09. The first-order valence-electron chi connectivity index (χ1n) is 5.26. The quantitative estimate of drug-likeness (QED) is 0.790. The summed E-state index contributed by atoms with van der Waals surface area (Å²) in [6, 6.07) is 0.694. The van der Waals surface area contributed by atoms with Crippen LogP contribution >= 0.6 is 0 Å². The summed E-state index contributed by atoms with van der Waals surface area (Å²) in [6.07, 6.45) is 9.62. The van der Waals surface area contributed by atoms with Crippen LogP contribution in [-0.4, -0.2) is 16.1 Å². The molecule has 2 rings (SSSR count). The number of rotatable bonds is 4. The molecule has 0 amide bonds. The molecule has 1 heterocycles. The van der Waals surface area contributed by atoms with Crippen LogP contribution in [0.2, 0.25) is 0 Å². The molecule has 3 nitrogen and oxygen atoms in total. The van der Waals surface area contributed by atoms with Gasteiger partial charge < -0.3 is 10.3 Å². The van der Waals surface area contributed by atoms with E-state index in [1.807, 2.05) is 12.5 Å². The maximum absolute atomic E-state index is 5.64. The smallest absolute Gasteiger partial charge is 0.0953 e. The number of imidazole rings is 1. The number of hydrogen-bond acceptors (Lipinski definition) is 2. The summed E-state index contributed by atoms with van der Waals surface area (Å²) in [4.78, 5) is 4.18. The highest BCUT2D eigenvalue weighted by Gasteiger charge is 2.24. The van der Waals surface area contributed by atoms with E-state index in [0.29, 0.717) is 12.6 Å². The molecule has 1 aliphatic rings. The van der Waals surface area contributed by atoms with Gasteiger partial charge in [0.05, 0.1) is 18.2 Å². The van der Waals surface area contributed by atoms with Gasteiger partial charge in [0.1, 0.15) is 0 Å². The lowest BCUT2D eigenvalue weighted by molar-refractivity contribution is 0.733. The van der Waals surface area contributed by atoms with E-state index in [-0.39, 0.29) is 0 Å². The van der Waals surface area contributed by atoms with Crippen LogP contribution in [0.5, 0.6) is 0 Å². The minimum absolute atomic E-state index is 0.645. The Morgan fingerprint density at radius 2 is 2.50 bits per heavy atom. The number of aromatic nitrogens is 2. The molecule has 1 aromatic heterocycles. The van der Waals surface area contributed by atoms with E-state index in [0.717, 1.165) is 6.42 Å². The third-order valence-corrected chi connectivity index (χ3v) is 2.70. The topological polar surface area (TPSA) is 43.8 Å². The van der Waals surface area contributed by atoms with Crippen molar-refractivity contribution < 1.29 is 0 Å². The van der Waals surface area contributed by atoms with Gasteiger partial charge in [-0.05, 0) is 25.3 Å². The van der Waals surface area contributed by atoms with Gasteiger partial charge in [0.2, 0.25) is 0 Å². The summed E-state index contributed by atoms with van der Waals surface area (Å²) < 4.78 is 2.26. The number of nitrogens with zero attached hydrogens (tertiary/aromatic N) is 2. The summed E-state index contributed by atoms with van der Waals surface area (Å²) in [6.45, 7) is 2.78. The van der Waals surface area contributed by atoms with Crippen molar-refractivity contribution >= 4 is 6.08 Å². The average Bonchev–Trinajstić information content (AvgIpc) is 2.95. The molecule has 1 saturated carbocycles. The minimum atomic E-state index is 0.645. The number of nitrogens with two attached hydrogens (primary N) is 1. The zero-order valence-corrected chi connectivity index (χ0v) is 8.61. The van der Waals surface area contributed by atoms with Crippen molar-refractivity contribution in [3.63, 3.8) is 0 Å². The molecule has 0 unspecified atom stereocenters. The Morgan fingerprint density at radius 1 is 1.71 bits per heavy atom. The highest BCUT2D eigenvalue weighted by molar-refractivity contribution is 5.49. The van der Waals surface area contributed by atoms with Crippen LogP contribution < -0.4 is 5.73 Å². The highest BCUT2D eigenvalue weighted by Crippen LogP contribution is 2.36. The van der Waals surface area contributed by atoms with Gasteiger partial charge in [0.25, 0.3) is 0 Å². The van der Waals surface area contributed by atoms with E-state index in [1.165, 1.54) is 24.1 Å². The second-order valence-corrected chi connectivity index (χ2v) is 3.82. The predicted molar refractivity (Wildman–Crippen MR) is 57.8 cm³/mol. The van der Waals surface area contributed by atoms with Gasteiger partial charge in [-0.2, -0.15) is 0 Å². The van der Waals surface area contributed by atoms with Crippen LogP contribution in [-0.2, 0) is 0 Å². The molecule has 1 aromatic rings. The molecule has 2 N–H and O–H groups in total. The van der Waals surface area contributed by atoms with E-state index in [9.17, 15) is 0 Å². The summed E-state index contributed by atoms with van der Waals surface area (Å²) in [7, 11) is 0. The minimum Gasteiger partial charge on any atom is -0.328 e. The average molecular weight is 191 g/mol. The van der Waals surface area contributed by atoms with Crippen molar-refractivity contribution in [3.8, 4) is 0 Å². The van der Waals surface area contributed by atoms with E-state index in [1.54, 1.807) is 0 Å². The SMILES string of the molecule is CCC(=Cc1cncn1C1CC1)CN. The first-order chi connectivity index (χ1) is 6.85. The summed E-state index contributed by atoms with van der Waals surface area (Å²) in [5.41, 5.74) is 8.13. The van der Waals surface area contributed by atoms with Crippen LogP contribution in [0, 0.1) is 0 Å². The van der Waals surface area contributed by atoms with Gasteiger partial charge in [-0.1, -0.05) is 12.5 Å². The maximum atomic E-state index is 5.64. The summed E-state index contributed by atoms with van der Waals surface area (Å²) in [5, 5.41) is 0. The molecule has 0 spiro atoms. The normalized spacial score (nSPS) is 17.4. The molecule has 0 saturated heterocycles. The molecular weight excluding hydrogens is 174 g/mol. The molecule has 1 aliphatic carbocycles. The molecule has 14 heavy (non-hydrogen) atoms. The lowest BCUT2D eigenvalue weighted by Gasteiger charge is -2.04. The van der Waals surface area contributed by atoms with Gasteiger partial charge in [-0.15, -0.1) is 0 Å². The van der Waals surface area contributed by atoms with Gasteiger partial charge in [0, 0.05) is 12.6 Å². The van der Waals surface area contributed by atoms with Crippen molar-refractivity contribution in [2.75, 3.05) is 6.54 Å². The molecule has 76 valence electrons. The summed E-state index contributed by atoms with van der Waals surface area (Å²) in [5.74, 6) is 0. The monoisotopic (exact) mass is 191 g/mol. The Morgan fingerprint density at radius 3 is 3.07 bits per heavy atom. The second-order valence-electron chi connectivity index (χ2n) is 3.82. The van der Waals surface area contributed by atoms with Crippen molar-refractivity contribution in [3.05, 3.63) is 23.8 Å². The molecule has 3 heteroatoms. The van der Waals surface area contributed by atoms with Crippen LogP contribution in [0.15, 0.2) is 18.1 Å². The van der Waals surface area contributed by atoms with E-state index in [4.69, 9.17) is 5.73 Å². The Bertz CT molecular complexity index is 328. The maximum Gasteiger partial charge on any atom is 0.0953 e. The van der Waals surface area contributed by atoms with E-state index >= 15 is 0 Å². The van der Waals surface area contributed by atoms with Gasteiger partial charge in [-0.3, -0.25) is 0 Å². The fraction of sp³-hybridized carbons (Fsp3) is 0.545. The Labute approximate surface area is 84.6 Å². The number of hydrogen-bond donors (Lipinski definition) is 1. The van der Waals surface area contributed by atoms with Crippen molar-refractivity contribution in [2.24, 2.45) is 5.73 Å². The van der Waals surface area contributed by atoms with Crippen molar-refractivity contribution in [1.82, 2.24) is 9.55 Å². The highest BCUT2D eigenvalue weighted by atomic mass is 15.1. The fourth-order valence-corrected chi connectivity index (χ4v) is 1.60. The van der Waals surface area contributed by atoms with Crippen LogP contribution in [0.1, 0.15) is 37.9 Å². The Kier molecular flexibility index (Phi) is 2.68. The molecule has 0 bridgehead atoms. The second kappa shape index (κ2) is 3.96. The van der Waals surface area contributed by atoms with E-state index < -0.39 is 0 Å². The molecule has 0 radical (unpaired) electrons. The summed E-state index contributed by atoms with van der Waals surface area (Å²) >= 11 is 0. The Balaban J connectivity index is 2.22. The molecule has 0 aromatic carbocycles. The predicted octanol–water partition coefficient (Wildman–Crippen LogP) is 1.97. The molecule has 1 fully saturated rings. The van der Waals surface area contributed by atoms with Crippen LogP contribution in [0.25, 0.3) is 6.08 Å². The lowest BCUT2D eigenvalue weighted by Crippen LogP contribution is -2.03. The molecule has 0 atom stereocenters. The first kappa shape index (κ1) is 9.46. The zero-order chi connectivity index (χ0) is 9.97. The first-order valence-corrected chi connectivity index (χ1v) is 5.26. The van der Waals surface area contributed by atoms with Gasteiger partial charge in [-0.25, -0.2) is 4.98 Å².